The third-order valence-corrected chi connectivity index (χ3v) is 3.57. The second kappa shape index (κ2) is 6.71. The first kappa shape index (κ1) is 14.1. The molecule has 0 saturated heterocycles. The van der Waals surface area contributed by atoms with Gasteiger partial charge in [-0.1, -0.05) is 6.08 Å². The van der Waals surface area contributed by atoms with Gasteiger partial charge in [0.05, 0.1) is 0 Å². The van der Waals surface area contributed by atoms with Crippen LogP contribution in [0.1, 0.15) is 36.9 Å². The molecule has 2 rings (SSSR count). The number of rotatable bonds is 8. The summed E-state index contributed by atoms with van der Waals surface area (Å²) in [5.74, 6) is 0. The van der Waals surface area contributed by atoms with Crippen molar-refractivity contribution in [3.05, 3.63) is 36.2 Å². The molecule has 1 aliphatic carbocycles. The first-order valence-electron chi connectivity index (χ1n) is 7.21. The molecule has 1 aliphatic rings. The highest BCUT2D eigenvalue weighted by Crippen LogP contribution is 2.23. The molecule has 1 saturated carbocycles. The van der Waals surface area contributed by atoms with E-state index in [0.717, 1.165) is 37.7 Å². The fourth-order valence-corrected chi connectivity index (χ4v) is 2.20. The van der Waals surface area contributed by atoms with Crippen LogP contribution in [0.25, 0.3) is 0 Å². The Kier molecular flexibility index (Phi) is 4.97. The van der Waals surface area contributed by atoms with Crippen LogP contribution in [0.2, 0.25) is 0 Å². The summed E-state index contributed by atoms with van der Waals surface area (Å²) in [4.78, 5) is 6.77. The normalized spacial score (nSPS) is 14.4. The third-order valence-electron chi connectivity index (χ3n) is 3.57. The standard InChI is InChI=1S/C16H25N3/c1-4-5-6-9-19(3)16-10-13(2)17-11-14(16)12-18-15-7-8-15/h4,10-11,15,18H,1,5-9,12H2,2-3H3. The molecule has 0 unspecified atom stereocenters. The summed E-state index contributed by atoms with van der Waals surface area (Å²) in [6.07, 6.45) is 8.87. The van der Waals surface area contributed by atoms with Gasteiger partial charge in [-0.05, 0) is 38.7 Å². The fourth-order valence-electron chi connectivity index (χ4n) is 2.20. The molecule has 0 spiro atoms. The number of aryl methyl sites for hydroxylation is 1. The van der Waals surface area contributed by atoms with Gasteiger partial charge in [-0.3, -0.25) is 4.98 Å². The van der Waals surface area contributed by atoms with E-state index in [4.69, 9.17) is 0 Å². The van der Waals surface area contributed by atoms with Crippen LogP contribution in [0.5, 0.6) is 0 Å². The largest absolute Gasteiger partial charge is 0.374 e. The van der Waals surface area contributed by atoms with Crippen LogP contribution in [0.4, 0.5) is 5.69 Å². The number of unbranched alkanes of at least 4 members (excludes halogenated alkanes) is 1. The number of pyridine rings is 1. The van der Waals surface area contributed by atoms with Gasteiger partial charge in [-0.15, -0.1) is 6.58 Å². The number of hydrogen-bond acceptors (Lipinski definition) is 3. The highest BCUT2D eigenvalue weighted by molar-refractivity contribution is 5.53. The molecule has 3 nitrogen and oxygen atoms in total. The molecule has 0 radical (unpaired) electrons. The van der Waals surface area contributed by atoms with Crippen LogP contribution < -0.4 is 10.2 Å². The Morgan fingerprint density at radius 1 is 1.53 bits per heavy atom. The van der Waals surface area contributed by atoms with Crippen molar-refractivity contribution in [1.82, 2.24) is 10.3 Å². The highest BCUT2D eigenvalue weighted by atomic mass is 15.1. The summed E-state index contributed by atoms with van der Waals surface area (Å²) < 4.78 is 0. The molecule has 0 bridgehead atoms. The lowest BCUT2D eigenvalue weighted by atomic mass is 10.1. The minimum atomic E-state index is 0.736. The molecule has 1 aromatic rings. The Bertz CT molecular complexity index is 424. The highest BCUT2D eigenvalue weighted by Gasteiger charge is 2.20. The number of aromatic nitrogens is 1. The molecule has 0 amide bonds. The molecule has 1 aromatic heterocycles. The summed E-state index contributed by atoms with van der Waals surface area (Å²) in [5.41, 5.74) is 3.70. The summed E-state index contributed by atoms with van der Waals surface area (Å²) in [6, 6.07) is 2.93. The van der Waals surface area contributed by atoms with Gasteiger partial charge in [0.15, 0.2) is 0 Å². The van der Waals surface area contributed by atoms with E-state index in [9.17, 15) is 0 Å². The first-order chi connectivity index (χ1) is 9.20. The van der Waals surface area contributed by atoms with Crippen LogP contribution in [0.3, 0.4) is 0 Å². The summed E-state index contributed by atoms with van der Waals surface area (Å²) in [5, 5.41) is 3.57. The van der Waals surface area contributed by atoms with E-state index in [1.54, 1.807) is 0 Å². The lowest BCUT2D eigenvalue weighted by Crippen LogP contribution is -2.23. The quantitative estimate of drug-likeness (QED) is 0.574. The van der Waals surface area contributed by atoms with E-state index in [0.29, 0.717) is 0 Å². The van der Waals surface area contributed by atoms with E-state index in [2.05, 4.69) is 41.8 Å². The number of nitrogens with one attached hydrogen (secondary N) is 1. The maximum absolute atomic E-state index is 4.43. The van der Waals surface area contributed by atoms with Gasteiger partial charge in [0.1, 0.15) is 0 Å². The average molecular weight is 259 g/mol. The Balaban J connectivity index is 2.01. The number of anilines is 1. The molecule has 0 aromatic carbocycles. The molecule has 3 heteroatoms. The zero-order chi connectivity index (χ0) is 13.7. The summed E-state index contributed by atoms with van der Waals surface area (Å²) >= 11 is 0. The number of hydrogen-bond donors (Lipinski definition) is 1. The Morgan fingerprint density at radius 2 is 2.32 bits per heavy atom. The van der Waals surface area contributed by atoms with E-state index in [-0.39, 0.29) is 0 Å². The van der Waals surface area contributed by atoms with E-state index >= 15 is 0 Å². The van der Waals surface area contributed by atoms with Crippen molar-refractivity contribution in [2.45, 2.75) is 45.2 Å². The maximum atomic E-state index is 4.43. The van der Waals surface area contributed by atoms with Crippen molar-refractivity contribution in [1.29, 1.82) is 0 Å². The molecular formula is C16H25N3. The lowest BCUT2D eigenvalue weighted by molar-refractivity contribution is 0.681. The lowest BCUT2D eigenvalue weighted by Gasteiger charge is -2.23. The van der Waals surface area contributed by atoms with Gasteiger partial charge in [0.25, 0.3) is 0 Å². The van der Waals surface area contributed by atoms with Crippen molar-refractivity contribution in [2.75, 3.05) is 18.5 Å². The number of nitrogens with zero attached hydrogens (tertiary/aromatic N) is 2. The molecule has 1 fully saturated rings. The topological polar surface area (TPSA) is 28.2 Å². The fraction of sp³-hybridized carbons (Fsp3) is 0.562. The van der Waals surface area contributed by atoms with E-state index < -0.39 is 0 Å². The summed E-state index contributed by atoms with van der Waals surface area (Å²) in [6.45, 7) is 7.82. The minimum absolute atomic E-state index is 0.736. The first-order valence-corrected chi connectivity index (χ1v) is 7.21. The molecule has 0 atom stereocenters. The minimum Gasteiger partial charge on any atom is -0.374 e. The Labute approximate surface area is 116 Å². The monoisotopic (exact) mass is 259 g/mol. The van der Waals surface area contributed by atoms with E-state index in [1.807, 2.05) is 12.3 Å². The Hall–Kier alpha value is -1.35. The molecule has 104 valence electrons. The second-order valence-electron chi connectivity index (χ2n) is 5.46. The predicted octanol–water partition coefficient (Wildman–Crippen LogP) is 3.04. The molecule has 0 aliphatic heterocycles. The van der Waals surface area contributed by atoms with E-state index in [1.165, 1.54) is 24.1 Å². The predicted molar refractivity (Wildman–Crippen MR) is 81.5 cm³/mol. The van der Waals surface area contributed by atoms with Crippen molar-refractivity contribution in [3.63, 3.8) is 0 Å². The van der Waals surface area contributed by atoms with Crippen molar-refractivity contribution in [3.8, 4) is 0 Å². The van der Waals surface area contributed by atoms with Crippen molar-refractivity contribution >= 4 is 5.69 Å². The smallest absolute Gasteiger partial charge is 0.0442 e. The van der Waals surface area contributed by atoms with Gasteiger partial charge < -0.3 is 10.2 Å². The van der Waals surface area contributed by atoms with Crippen LogP contribution in [0, 0.1) is 6.92 Å². The zero-order valence-corrected chi connectivity index (χ0v) is 12.2. The van der Waals surface area contributed by atoms with Crippen LogP contribution in [0.15, 0.2) is 24.9 Å². The third kappa shape index (κ3) is 4.35. The number of allylic oxidation sites excluding steroid dienone is 1. The maximum Gasteiger partial charge on any atom is 0.0442 e. The summed E-state index contributed by atoms with van der Waals surface area (Å²) in [7, 11) is 2.17. The SMILES string of the molecule is C=CCCCN(C)c1cc(C)ncc1CNC1CC1. The molecule has 19 heavy (non-hydrogen) atoms. The van der Waals surface area contributed by atoms with Crippen molar-refractivity contribution in [2.24, 2.45) is 0 Å². The van der Waals surface area contributed by atoms with Gasteiger partial charge >= 0.3 is 0 Å². The van der Waals surface area contributed by atoms with Gasteiger partial charge in [0.2, 0.25) is 0 Å². The zero-order valence-electron chi connectivity index (χ0n) is 12.2. The van der Waals surface area contributed by atoms with Crippen molar-refractivity contribution < 1.29 is 0 Å². The molecule has 1 heterocycles. The Morgan fingerprint density at radius 3 is 3.00 bits per heavy atom. The average Bonchev–Trinajstić information content (AvgIpc) is 3.21. The van der Waals surface area contributed by atoms with Gasteiger partial charge in [-0.25, -0.2) is 0 Å². The molecule has 1 N–H and O–H groups in total. The second-order valence-corrected chi connectivity index (χ2v) is 5.46. The molecular weight excluding hydrogens is 234 g/mol. The van der Waals surface area contributed by atoms with Gasteiger partial charge in [-0.2, -0.15) is 0 Å². The van der Waals surface area contributed by atoms with Crippen LogP contribution >= 0.6 is 0 Å². The van der Waals surface area contributed by atoms with Crippen LogP contribution in [-0.2, 0) is 6.54 Å². The van der Waals surface area contributed by atoms with Crippen LogP contribution in [-0.4, -0.2) is 24.6 Å². The van der Waals surface area contributed by atoms with Gasteiger partial charge in [0, 0.05) is 49.3 Å².